The third-order valence-electron chi connectivity index (χ3n) is 3.70. The lowest BCUT2D eigenvalue weighted by Gasteiger charge is -2.06. The largest absolute Gasteiger partial charge is 0.504 e. The zero-order chi connectivity index (χ0) is 19.4. The number of carbonyl (C=O) groups excluding carboxylic acids is 1. The Hall–Kier alpha value is -3.81. The fourth-order valence-electron chi connectivity index (χ4n) is 2.38. The van der Waals surface area contributed by atoms with Gasteiger partial charge in [-0.2, -0.15) is 5.10 Å². The zero-order valence-corrected chi connectivity index (χ0v) is 14.3. The van der Waals surface area contributed by atoms with Gasteiger partial charge in [0.2, 0.25) is 0 Å². The highest BCUT2D eigenvalue weighted by Gasteiger charge is 2.06. The van der Waals surface area contributed by atoms with Gasteiger partial charge in [-0.05, 0) is 48.4 Å². The maximum Gasteiger partial charge on any atom is 0.336 e. The number of hydrazone groups is 1. The summed E-state index contributed by atoms with van der Waals surface area (Å²) in [7, 11) is 0. The molecule has 2 aromatic carbocycles. The molecule has 0 unspecified atom stereocenters. The minimum absolute atomic E-state index is 0.244. The Labute approximate surface area is 153 Å². The Kier molecular flexibility index (Phi) is 5.07. The molecule has 0 bridgehead atoms. The summed E-state index contributed by atoms with van der Waals surface area (Å²) in [5.74, 6) is -0.656. The molecule has 1 heterocycles. The molecule has 1 amide bonds. The highest BCUT2D eigenvalue weighted by Crippen LogP contribution is 2.24. The summed E-state index contributed by atoms with van der Waals surface area (Å²) >= 11 is 0. The van der Waals surface area contributed by atoms with Gasteiger partial charge in [-0.25, -0.2) is 10.2 Å². The molecule has 0 saturated carbocycles. The van der Waals surface area contributed by atoms with Crippen molar-refractivity contribution in [3.05, 3.63) is 64.0 Å². The van der Waals surface area contributed by atoms with Gasteiger partial charge in [0, 0.05) is 17.5 Å². The summed E-state index contributed by atoms with van der Waals surface area (Å²) in [4.78, 5) is 23.2. The molecule has 0 atom stereocenters. The summed E-state index contributed by atoms with van der Waals surface area (Å²) in [6, 6.07) is 10.5. The number of aromatic hydroxyl groups is 2. The first kappa shape index (κ1) is 18.0. The van der Waals surface area contributed by atoms with Crippen molar-refractivity contribution in [3.63, 3.8) is 0 Å². The maximum absolute atomic E-state index is 11.8. The van der Waals surface area contributed by atoms with Crippen LogP contribution in [0.3, 0.4) is 0 Å². The second-order valence-electron chi connectivity index (χ2n) is 5.74. The van der Waals surface area contributed by atoms with Crippen LogP contribution in [0.2, 0.25) is 0 Å². The fourth-order valence-corrected chi connectivity index (χ4v) is 2.38. The number of fused-ring (bicyclic) bond motifs is 1. The lowest BCUT2D eigenvalue weighted by molar-refractivity contribution is -0.123. The molecule has 0 fully saturated rings. The lowest BCUT2D eigenvalue weighted by Crippen LogP contribution is -2.24. The first-order valence-corrected chi connectivity index (χ1v) is 7.93. The average Bonchev–Trinajstić information content (AvgIpc) is 2.62. The molecule has 0 aliphatic heterocycles. The number of aryl methyl sites for hydroxylation is 1. The van der Waals surface area contributed by atoms with Crippen molar-refractivity contribution in [1.82, 2.24) is 5.43 Å². The second-order valence-corrected chi connectivity index (χ2v) is 5.74. The SMILES string of the molecule is Cc1cc(=O)oc2cc(OCC(=O)N/N=C/c3ccc(O)c(O)c3)ccc12. The van der Waals surface area contributed by atoms with Crippen LogP contribution in [0.25, 0.3) is 11.0 Å². The molecule has 3 aromatic rings. The van der Waals surface area contributed by atoms with Crippen LogP contribution in [0.15, 0.2) is 56.8 Å². The Balaban J connectivity index is 1.58. The zero-order valence-electron chi connectivity index (χ0n) is 14.3. The van der Waals surface area contributed by atoms with Crippen LogP contribution >= 0.6 is 0 Å². The van der Waals surface area contributed by atoms with Gasteiger partial charge in [0.1, 0.15) is 11.3 Å². The molecule has 0 spiro atoms. The predicted octanol–water partition coefficient (Wildman–Crippen LogP) is 2.04. The Morgan fingerprint density at radius 3 is 2.78 bits per heavy atom. The number of nitrogens with zero attached hydrogens (tertiary/aromatic N) is 1. The van der Waals surface area contributed by atoms with Crippen LogP contribution in [0.1, 0.15) is 11.1 Å². The highest BCUT2D eigenvalue weighted by atomic mass is 16.5. The quantitative estimate of drug-likeness (QED) is 0.274. The minimum Gasteiger partial charge on any atom is -0.504 e. The highest BCUT2D eigenvalue weighted by molar-refractivity contribution is 5.84. The van der Waals surface area contributed by atoms with Crippen molar-refractivity contribution in [2.24, 2.45) is 5.10 Å². The van der Waals surface area contributed by atoms with E-state index in [0.29, 0.717) is 16.9 Å². The summed E-state index contributed by atoms with van der Waals surface area (Å²) in [6.07, 6.45) is 1.31. The molecular formula is C19H16N2O6. The second kappa shape index (κ2) is 7.61. The molecule has 8 heteroatoms. The number of phenolic OH excluding ortho intramolecular Hbond substituents is 2. The van der Waals surface area contributed by atoms with E-state index in [9.17, 15) is 19.8 Å². The molecule has 138 valence electrons. The Morgan fingerprint density at radius 2 is 2.00 bits per heavy atom. The van der Waals surface area contributed by atoms with E-state index in [1.807, 2.05) is 0 Å². The van der Waals surface area contributed by atoms with E-state index in [1.165, 1.54) is 30.5 Å². The van der Waals surface area contributed by atoms with Crippen molar-refractivity contribution in [2.75, 3.05) is 6.61 Å². The van der Waals surface area contributed by atoms with Gasteiger partial charge < -0.3 is 19.4 Å². The van der Waals surface area contributed by atoms with Gasteiger partial charge >= 0.3 is 5.63 Å². The van der Waals surface area contributed by atoms with Crippen LogP contribution < -0.4 is 15.8 Å². The summed E-state index contributed by atoms with van der Waals surface area (Å²) in [5.41, 5.74) is 3.49. The number of amides is 1. The molecule has 8 nitrogen and oxygen atoms in total. The van der Waals surface area contributed by atoms with Crippen LogP contribution in [-0.4, -0.2) is 28.9 Å². The number of hydrogen-bond donors (Lipinski definition) is 3. The van der Waals surface area contributed by atoms with E-state index in [1.54, 1.807) is 25.1 Å². The molecule has 3 rings (SSSR count). The van der Waals surface area contributed by atoms with E-state index in [0.717, 1.165) is 10.9 Å². The van der Waals surface area contributed by atoms with E-state index in [-0.39, 0.29) is 18.1 Å². The maximum atomic E-state index is 11.8. The third-order valence-corrected chi connectivity index (χ3v) is 3.70. The molecule has 1 aromatic heterocycles. The summed E-state index contributed by atoms with van der Waals surface area (Å²) in [5, 5.41) is 23.1. The van der Waals surface area contributed by atoms with Gasteiger partial charge in [0.15, 0.2) is 18.1 Å². The molecule has 0 aliphatic rings. The van der Waals surface area contributed by atoms with Crippen LogP contribution in [0.5, 0.6) is 17.2 Å². The van der Waals surface area contributed by atoms with E-state index in [4.69, 9.17) is 9.15 Å². The number of rotatable bonds is 5. The smallest absolute Gasteiger partial charge is 0.336 e. The Morgan fingerprint density at radius 1 is 1.19 bits per heavy atom. The number of nitrogens with one attached hydrogen (secondary N) is 1. The van der Waals surface area contributed by atoms with E-state index in [2.05, 4.69) is 10.5 Å². The van der Waals surface area contributed by atoms with Crippen LogP contribution in [0.4, 0.5) is 0 Å². The molecule has 0 saturated heterocycles. The third kappa shape index (κ3) is 4.43. The molecular weight excluding hydrogens is 352 g/mol. The topological polar surface area (TPSA) is 121 Å². The number of phenols is 2. The first-order valence-electron chi connectivity index (χ1n) is 7.93. The monoisotopic (exact) mass is 368 g/mol. The van der Waals surface area contributed by atoms with Crippen molar-refractivity contribution < 1.29 is 24.2 Å². The van der Waals surface area contributed by atoms with Crippen molar-refractivity contribution in [3.8, 4) is 17.2 Å². The molecule has 0 radical (unpaired) electrons. The van der Waals surface area contributed by atoms with Gasteiger partial charge in [-0.15, -0.1) is 0 Å². The van der Waals surface area contributed by atoms with Crippen LogP contribution in [0, 0.1) is 6.92 Å². The van der Waals surface area contributed by atoms with E-state index >= 15 is 0 Å². The summed E-state index contributed by atoms with van der Waals surface area (Å²) in [6.45, 7) is 1.51. The van der Waals surface area contributed by atoms with Crippen LogP contribution in [-0.2, 0) is 4.79 Å². The number of hydrogen-bond acceptors (Lipinski definition) is 7. The van der Waals surface area contributed by atoms with E-state index < -0.39 is 11.5 Å². The summed E-state index contributed by atoms with van der Waals surface area (Å²) < 4.78 is 10.5. The fraction of sp³-hybridized carbons (Fsp3) is 0.105. The number of ether oxygens (including phenoxy) is 1. The van der Waals surface area contributed by atoms with Crippen molar-refractivity contribution in [1.29, 1.82) is 0 Å². The van der Waals surface area contributed by atoms with Crippen molar-refractivity contribution >= 4 is 23.1 Å². The Bertz CT molecular complexity index is 1090. The van der Waals surface area contributed by atoms with Gasteiger partial charge in [-0.1, -0.05) is 0 Å². The first-order chi connectivity index (χ1) is 12.9. The molecule has 3 N–H and O–H groups in total. The molecule has 27 heavy (non-hydrogen) atoms. The predicted molar refractivity (Wildman–Crippen MR) is 98.2 cm³/mol. The lowest BCUT2D eigenvalue weighted by atomic mass is 10.1. The van der Waals surface area contributed by atoms with Crippen molar-refractivity contribution in [2.45, 2.75) is 6.92 Å². The minimum atomic E-state index is -0.500. The number of carbonyl (C=O) groups is 1. The molecule has 0 aliphatic carbocycles. The van der Waals surface area contributed by atoms with Gasteiger partial charge in [0.05, 0.1) is 6.21 Å². The average molecular weight is 368 g/mol. The van der Waals surface area contributed by atoms with Gasteiger partial charge in [-0.3, -0.25) is 4.79 Å². The van der Waals surface area contributed by atoms with Gasteiger partial charge in [0.25, 0.3) is 5.91 Å². The standard InChI is InChI=1S/C19H16N2O6/c1-11-6-19(25)27-17-8-13(3-4-14(11)17)26-10-18(24)21-20-9-12-2-5-15(22)16(23)7-12/h2-9,22-23H,10H2,1H3,(H,21,24)/b20-9+. The number of benzene rings is 2. The normalized spacial score (nSPS) is 11.0.